The van der Waals surface area contributed by atoms with Crippen molar-refractivity contribution >= 4 is 5.96 Å². The molecule has 0 aliphatic carbocycles. The third-order valence-electron chi connectivity index (χ3n) is 4.15. The standard InChI is InChI=1S/C22H31N3O3/c1-4-23-22(25(2)15-18-10-12-21(27-3)13-11-18)24-14-20(26)17-28-16-19-8-6-5-7-9-19/h5-13,20,26H,4,14-17H2,1-3H3,(H,23,24). The van der Waals surface area contributed by atoms with Gasteiger partial charge >= 0.3 is 0 Å². The number of benzene rings is 2. The summed E-state index contributed by atoms with van der Waals surface area (Å²) < 4.78 is 10.8. The van der Waals surface area contributed by atoms with Gasteiger partial charge < -0.3 is 24.8 Å². The van der Waals surface area contributed by atoms with Gasteiger partial charge in [0.25, 0.3) is 0 Å². The molecule has 1 unspecified atom stereocenters. The van der Waals surface area contributed by atoms with Gasteiger partial charge in [-0.1, -0.05) is 42.5 Å². The third kappa shape index (κ3) is 7.58. The number of aliphatic hydroxyl groups is 1. The molecule has 0 aromatic heterocycles. The lowest BCUT2D eigenvalue weighted by Crippen LogP contribution is -2.39. The maximum Gasteiger partial charge on any atom is 0.194 e. The summed E-state index contributed by atoms with van der Waals surface area (Å²) in [5.74, 6) is 1.59. The molecule has 6 nitrogen and oxygen atoms in total. The fraction of sp³-hybridized carbons (Fsp3) is 0.409. The van der Waals surface area contributed by atoms with Crippen LogP contribution in [-0.4, -0.2) is 55.9 Å². The number of nitrogens with zero attached hydrogens (tertiary/aromatic N) is 2. The largest absolute Gasteiger partial charge is 0.497 e. The number of ether oxygens (including phenoxy) is 2. The fourth-order valence-electron chi connectivity index (χ4n) is 2.68. The molecule has 6 heteroatoms. The van der Waals surface area contributed by atoms with Crippen molar-refractivity contribution in [1.29, 1.82) is 0 Å². The first kappa shape index (κ1) is 21.7. The average molecular weight is 386 g/mol. The third-order valence-corrected chi connectivity index (χ3v) is 4.15. The molecule has 0 saturated carbocycles. The molecule has 0 bridgehead atoms. The molecule has 152 valence electrons. The summed E-state index contributed by atoms with van der Waals surface area (Å²) >= 11 is 0. The van der Waals surface area contributed by atoms with Crippen LogP contribution in [0.25, 0.3) is 0 Å². The Labute approximate surface area is 167 Å². The fourth-order valence-corrected chi connectivity index (χ4v) is 2.68. The van der Waals surface area contributed by atoms with E-state index in [0.29, 0.717) is 13.2 Å². The molecule has 2 N–H and O–H groups in total. The zero-order valence-electron chi connectivity index (χ0n) is 17.0. The van der Waals surface area contributed by atoms with E-state index in [2.05, 4.69) is 10.3 Å². The van der Waals surface area contributed by atoms with Gasteiger partial charge in [-0.2, -0.15) is 0 Å². The van der Waals surface area contributed by atoms with Crippen LogP contribution in [0.3, 0.4) is 0 Å². The Morgan fingerprint density at radius 2 is 1.82 bits per heavy atom. The molecule has 0 heterocycles. The Morgan fingerprint density at radius 3 is 2.46 bits per heavy atom. The van der Waals surface area contributed by atoms with Gasteiger partial charge in [0, 0.05) is 20.1 Å². The number of aliphatic hydroxyl groups excluding tert-OH is 1. The lowest BCUT2D eigenvalue weighted by molar-refractivity contribution is 0.0330. The number of hydrogen-bond donors (Lipinski definition) is 2. The number of nitrogens with one attached hydrogen (secondary N) is 1. The van der Waals surface area contributed by atoms with Crippen LogP contribution >= 0.6 is 0 Å². The van der Waals surface area contributed by atoms with Crippen molar-refractivity contribution in [2.24, 2.45) is 4.99 Å². The van der Waals surface area contributed by atoms with Crippen molar-refractivity contribution in [3.05, 3.63) is 65.7 Å². The second-order valence-electron chi connectivity index (χ2n) is 6.55. The van der Waals surface area contributed by atoms with Gasteiger partial charge in [0.1, 0.15) is 5.75 Å². The Bertz CT molecular complexity index is 705. The van der Waals surface area contributed by atoms with E-state index in [4.69, 9.17) is 9.47 Å². The molecule has 1 atom stereocenters. The molecule has 0 spiro atoms. The quantitative estimate of drug-likeness (QED) is 0.486. The van der Waals surface area contributed by atoms with Crippen LogP contribution in [0.1, 0.15) is 18.1 Å². The molecule has 2 rings (SSSR count). The highest BCUT2D eigenvalue weighted by molar-refractivity contribution is 5.79. The van der Waals surface area contributed by atoms with Crippen LogP contribution in [0, 0.1) is 0 Å². The lowest BCUT2D eigenvalue weighted by Gasteiger charge is -2.22. The normalized spacial score (nSPS) is 12.5. The summed E-state index contributed by atoms with van der Waals surface area (Å²) in [5.41, 5.74) is 2.24. The van der Waals surface area contributed by atoms with E-state index < -0.39 is 6.10 Å². The highest BCUT2D eigenvalue weighted by Crippen LogP contribution is 2.12. The van der Waals surface area contributed by atoms with Crippen LogP contribution in [0.5, 0.6) is 5.75 Å². The molecule has 0 saturated heterocycles. The second kappa shape index (κ2) is 12.0. The van der Waals surface area contributed by atoms with Gasteiger partial charge in [-0.25, -0.2) is 0 Å². The van der Waals surface area contributed by atoms with Gasteiger partial charge in [0.2, 0.25) is 0 Å². The van der Waals surface area contributed by atoms with Crippen LogP contribution in [0.2, 0.25) is 0 Å². The van der Waals surface area contributed by atoms with Gasteiger partial charge in [0.15, 0.2) is 5.96 Å². The van der Waals surface area contributed by atoms with Gasteiger partial charge in [-0.3, -0.25) is 4.99 Å². The summed E-state index contributed by atoms with van der Waals surface area (Å²) in [7, 11) is 3.63. The Hall–Kier alpha value is -2.57. The van der Waals surface area contributed by atoms with Gasteiger partial charge in [-0.15, -0.1) is 0 Å². The minimum absolute atomic E-state index is 0.250. The summed E-state index contributed by atoms with van der Waals surface area (Å²) in [6.45, 7) is 4.50. The zero-order chi connectivity index (χ0) is 20.2. The highest BCUT2D eigenvalue weighted by atomic mass is 16.5. The van der Waals surface area contributed by atoms with Crippen molar-refractivity contribution in [2.45, 2.75) is 26.2 Å². The smallest absolute Gasteiger partial charge is 0.194 e. The molecular formula is C22H31N3O3. The minimum Gasteiger partial charge on any atom is -0.497 e. The van der Waals surface area contributed by atoms with Crippen LogP contribution in [0.15, 0.2) is 59.6 Å². The molecule has 0 aliphatic heterocycles. The van der Waals surface area contributed by atoms with E-state index in [1.807, 2.05) is 73.5 Å². The average Bonchev–Trinajstić information content (AvgIpc) is 2.72. The summed E-state index contributed by atoms with van der Waals surface area (Å²) in [4.78, 5) is 6.58. The van der Waals surface area contributed by atoms with E-state index in [-0.39, 0.29) is 13.2 Å². The van der Waals surface area contributed by atoms with Crippen molar-refractivity contribution in [1.82, 2.24) is 10.2 Å². The Morgan fingerprint density at radius 1 is 1.11 bits per heavy atom. The van der Waals surface area contributed by atoms with Crippen molar-refractivity contribution < 1.29 is 14.6 Å². The maximum atomic E-state index is 10.2. The number of methoxy groups -OCH3 is 1. The van der Waals surface area contributed by atoms with E-state index in [0.717, 1.165) is 29.4 Å². The summed E-state index contributed by atoms with van der Waals surface area (Å²) in [6, 6.07) is 17.9. The topological polar surface area (TPSA) is 66.3 Å². The van der Waals surface area contributed by atoms with Crippen LogP contribution < -0.4 is 10.1 Å². The van der Waals surface area contributed by atoms with Crippen molar-refractivity contribution in [2.75, 3.05) is 33.9 Å². The number of aliphatic imine (C=N–C) groups is 1. The SMILES string of the molecule is CCNC(=NCC(O)COCc1ccccc1)N(C)Cc1ccc(OC)cc1. The van der Waals surface area contributed by atoms with Crippen LogP contribution in [-0.2, 0) is 17.9 Å². The number of rotatable bonds is 10. The second-order valence-corrected chi connectivity index (χ2v) is 6.55. The van der Waals surface area contributed by atoms with E-state index in [9.17, 15) is 5.11 Å². The summed E-state index contributed by atoms with van der Waals surface area (Å²) in [6.07, 6.45) is -0.647. The van der Waals surface area contributed by atoms with E-state index >= 15 is 0 Å². The van der Waals surface area contributed by atoms with E-state index in [1.54, 1.807) is 7.11 Å². The Balaban J connectivity index is 1.83. The molecule has 2 aromatic carbocycles. The first-order valence-corrected chi connectivity index (χ1v) is 9.54. The molecule has 2 aromatic rings. The summed E-state index contributed by atoms with van der Waals surface area (Å²) in [5, 5.41) is 13.4. The molecular weight excluding hydrogens is 354 g/mol. The van der Waals surface area contributed by atoms with E-state index in [1.165, 1.54) is 0 Å². The monoisotopic (exact) mass is 385 g/mol. The maximum absolute atomic E-state index is 10.2. The lowest BCUT2D eigenvalue weighted by atomic mass is 10.2. The first-order chi connectivity index (χ1) is 13.6. The zero-order valence-corrected chi connectivity index (χ0v) is 17.0. The molecule has 0 aliphatic rings. The number of guanidine groups is 1. The predicted octanol–water partition coefficient (Wildman–Crippen LogP) is 2.67. The number of hydrogen-bond acceptors (Lipinski definition) is 4. The van der Waals surface area contributed by atoms with Gasteiger partial charge in [0.05, 0.1) is 33.0 Å². The van der Waals surface area contributed by atoms with Crippen LogP contribution in [0.4, 0.5) is 0 Å². The highest BCUT2D eigenvalue weighted by Gasteiger charge is 2.09. The first-order valence-electron chi connectivity index (χ1n) is 9.54. The minimum atomic E-state index is -0.647. The van der Waals surface area contributed by atoms with Gasteiger partial charge in [-0.05, 0) is 30.2 Å². The predicted molar refractivity (Wildman–Crippen MR) is 113 cm³/mol. The molecule has 0 amide bonds. The Kier molecular flexibility index (Phi) is 9.31. The van der Waals surface area contributed by atoms with Crippen molar-refractivity contribution in [3.8, 4) is 5.75 Å². The molecule has 28 heavy (non-hydrogen) atoms. The van der Waals surface area contributed by atoms with Crippen molar-refractivity contribution in [3.63, 3.8) is 0 Å². The molecule has 0 radical (unpaired) electrons. The molecule has 0 fully saturated rings.